The fourth-order valence-corrected chi connectivity index (χ4v) is 2.03. The van der Waals surface area contributed by atoms with Gasteiger partial charge in [0.2, 0.25) is 0 Å². The van der Waals surface area contributed by atoms with Gasteiger partial charge in [-0.1, -0.05) is 60.7 Å². The molecule has 0 heterocycles. The lowest BCUT2D eigenvalue weighted by Gasteiger charge is -2.23. The molecule has 0 bridgehead atoms. The Morgan fingerprint density at radius 2 is 1.35 bits per heavy atom. The Morgan fingerprint density at radius 1 is 0.900 bits per heavy atom. The van der Waals surface area contributed by atoms with Gasteiger partial charge in [-0.2, -0.15) is 4.65 Å². The second-order valence-corrected chi connectivity index (χ2v) is 5.42. The fourth-order valence-electron chi connectivity index (χ4n) is 2.03. The summed E-state index contributed by atoms with van der Waals surface area (Å²) in [4.78, 5) is 0. The summed E-state index contributed by atoms with van der Waals surface area (Å²) in [6.45, 7) is 1.05. The summed E-state index contributed by atoms with van der Waals surface area (Å²) in [6.07, 6.45) is -0.0936. The van der Waals surface area contributed by atoms with Crippen LogP contribution in [0.3, 0.4) is 0 Å². The Kier molecular flexibility index (Phi) is 4.90. The molecule has 106 valence electrons. The minimum absolute atomic E-state index is 0.0870. The average Bonchev–Trinajstić information content (AvgIpc) is 2.44. The highest BCUT2D eigenvalue weighted by atomic mass is 16.5. The van der Waals surface area contributed by atoms with Crippen molar-refractivity contribution < 1.29 is 14.6 Å². The van der Waals surface area contributed by atoms with E-state index in [4.69, 9.17) is 4.74 Å². The minimum atomic E-state index is -0.0936. The molecule has 3 nitrogen and oxygen atoms in total. The van der Waals surface area contributed by atoms with Crippen LogP contribution in [0.2, 0.25) is 0 Å². The Bertz CT molecular complexity index is 466. The molecule has 2 aromatic carbocycles. The monoisotopic (exact) mass is 272 g/mol. The number of ether oxygens (including phenoxy) is 1. The molecule has 0 spiro atoms. The summed E-state index contributed by atoms with van der Waals surface area (Å²) in [5.74, 6) is 0. The predicted octanol–water partition coefficient (Wildman–Crippen LogP) is 3.26. The number of hydrogen-bond acceptors (Lipinski definition) is 2. The molecule has 0 amide bonds. The van der Waals surface area contributed by atoms with Crippen molar-refractivity contribution in [2.45, 2.75) is 6.10 Å². The highest BCUT2D eigenvalue weighted by Gasteiger charge is 2.17. The van der Waals surface area contributed by atoms with Gasteiger partial charge < -0.3 is 4.74 Å². The van der Waals surface area contributed by atoms with E-state index in [1.807, 2.05) is 36.4 Å². The number of rotatable bonds is 6. The van der Waals surface area contributed by atoms with Gasteiger partial charge in [0.1, 0.15) is 12.6 Å². The predicted molar refractivity (Wildman–Crippen MR) is 79.4 cm³/mol. The maximum absolute atomic E-state index is 9.73. The third-order valence-electron chi connectivity index (χ3n) is 3.13. The summed E-state index contributed by atoms with van der Waals surface area (Å²) in [7, 11) is 3.48. The molecular weight excluding hydrogens is 250 g/mol. The van der Waals surface area contributed by atoms with E-state index in [9.17, 15) is 5.21 Å². The van der Waals surface area contributed by atoms with Gasteiger partial charge >= 0.3 is 0 Å². The van der Waals surface area contributed by atoms with Gasteiger partial charge in [0.25, 0.3) is 0 Å². The number of hydroxylamine groups is 3. The van der Waals surface area contributed by atoms with Crippen molar-refractivity contribution in [3.8, 4) is 0 Å². The van der Waals surface area contributed by atoms with Crippen LogP contribution in [0.4, 0.5) is 0 Å². The van der Waals surface area contributed by atoms with E-state index in [1.165, 1.54) is 0 Å². The van der Waals surface area contributed by atoms with Crippen LogP contribution in [-0.2, 0) is 4.74 Å². The first-order valence-corrected chi connectivity index (χ1v) is 6.83. The maximum Gasteiger partial charge on any atom is 0.132 e. The molecule has 0 aliphatic heterocycles. The van der Waals surface area contributed by atoms with Crippen LogP contribution in [0.15, 0.2) is 60.7 Å². The van der Waals surface area contributed by atoms with Crippen LogP contribution < -0.4 is 0 Å². The van der Waals surface area contributed by atoms with Crippen LogP contribution in [0, 0.1) is 0 Å². The van der Waals surface area contributed by atoms with Crippen molar-refractivity contribution >= 4 is 0 Å². The van der Waals surface area contributed by atoms with E-state index in [-0.39, 0.29) is 10.8 Å². The fraction of sp³-hybridized carbons (Fsp3) is 0.294. The van der Waals surface area contributed by atoms with Crippen molar-refractivity contribution in [2.75, 3.05) is 27.2 Å². The molecule has 20 heavy (non-hydrogen) atoms. The topological polar surface area (TPSA) is 29.5 Å². The van der Waals surface area contributed by atoms with Gasteiger partial charge in [-0.15, -0.1) is 0 Å². The van der Waals surface area contributed by atoms with Gasteiger partial charge in [-0.25, -0.2) is 5.21 Å². The van der Waals surface area contributed by atoms with Gasteiger partial charge in [-0.05, 0) is 11.1 Å². The minimum Gasteiger partial charge on any atom is -0.363 e. The summed E-state index contributed by atoms with van der Waals surface area (Å²) >= 11 is 0. The third kappa shape index (κ3) is 4.46. The molecule has 0 saturated heterocycles. The van der Waals surface area contributed by atoms with E-state index in [2.05, 4.69) is 24.3 Å². The molecule has 0 saturated carbocycles. The van der Waals surface area contributed by atoms with Crippen LogP contribution >= 0.6 is 0 Å². The Morgan fingerprint density at radius 3 is 1.75 bits per heavy atom. The number of hydrogen-bond donors (Lipinski definition) is 1. The van der Waals surface area contributed by atoms with Gasteiger partial charge in [0.15, 0.2) is 0 Å². The first-order valence-electron chi connectivity index (χ1n) is 6.83. The molecule has 0 aromatic heterocycles. The average molecular weight is 272 g/mol. The zero-order chi connectivity index (χ0) is 14.4. The number of nitrogens with zero attached hydrogens (tertiary/aromatic N) is 1. The Labute approximate surface area is 120 Å². The van der Waals surface area contributed by atoms with Crippen molar-refractivity contribution in [1.82, 2.24) is 0 Å². The van der Waals surface area contributed by atoms with Crippen molar-refractivity contribution in [1.29, 1.82) is 0 Å². The SMILES string of the molecule is C[N+](C)(O)CCOC(c1ccccc1)c1ccccc1. The van der Waals surface area contributed by atoms with Crippen LogP contribution in [0.1, 0.15) is 17.2 Å². The third-order valence-corrected chi connectivity index (χ3v) is 3.13. The zero-order valence-corrected chi connectivity index (χ0v) is 12.1. The Balaban J connectivity index is 2.13. The van der Waals surface area contributed by atoms with Crippen molar-refractivity contribution in [2.24, 2.45) is 0 Å². The normalized spacial score (nSPS) is 11.8. The summed E-state index contributed by atoms with van der Waals surface area (Å²) < 4.78 is 5.93. The zero-order valence-electron chi connectivity index (χ0n) is 12.1. The smallest absolute Gasteiger partial charge is 0.132 e. The molecule has 3 heteroatoms. The molecule has 1 N–H and O–H groups in total. The number of likely N-dealkylation sites (N-methyl/N-ethyl adjacent to an activating group) is 1. The summed E-state index contributed by atoms with van der Waals surface area (Å²) in [5, 5.41) is 9.73. The lowest BCUT2D eigenvalue weighted by atomic mass is 10.0. The van der Waals surface area contributed by atoms with Crippen molar-refractivity contribution in [3.63, 3.8) is 0 Å². The second kappa shape index (κ2) is 6.66. The maximum atomic E-state index is 9.73. The van der Waals surface area contributed by atoms with Crippen LogP contribution in [0.5, 0.6) is 0 Å². The van der Waals surface area contributed by atoms with E-state index in [1.54, 1.807) is 14.1 Å². The Hall–Kier alpha value is -1.68. The lowest BCUT2D eigenvalue weighted by Crippen LogP contribution is -2.38. The standard InChI is InChI=1S/C17H22NO2/c1-18(2,19)13-14-20-17(15-9-5-3-6-10-15)16-11-7-4-8-12-16/h3-12,17,19H,13-14H2,1-2H3/q+1. The summed E-state index contributed by atoms with van der Waals surface area (Å²) in [6, 6.07) is 20.3. The van der Waals surface area contributed by atoms with E-state index in [0.29, 0.717) is 13.2 Å². The molecule has 2 aromatic rings. The molecule has 0 atom stereocenters. The highest BCUT2D eigenvalue weighted by molar-refractivity contribution is 5.29. The lowest BCUT2D eigenvalue weighted by molar-refractivity contribution is -1.07. The van der Waals surface area contributed by atoms with E-state index >= 15 is 0 Å². The molecule has 0 radical (unpaired) electrons. The van der Waals surface area contributed by atoms with Crippen molar-refractivity contribution in [3.05, 3.63) is 71.8 Å². The van der Waals surface area contributed by atoms with E-state index < -0.39 is 0 Å². The largest absolute Gasteiger partial charge is 0.363 e. The van der Waals surface area contributed by atoms with Gasteiger partial charge in [-0.3, -0.25) is 0 Å². The van der Waals surface area contributed by atoms with Gasteiger partial charge in [0.05, 0.1) is 20.7 Å². The molecule has 0 aliphatic rings. The first kappa shape index (κ1) is 14.7. The van der Waals surface area contributed by atoms with E-state index in [0.717, 1.165) is 11.1 Å². The summed E-state index contributed by atoms with van der Waals surface area (Å²) in [5.41, 5.74) is 2.25. The second-order valence-electron chi connectivity index (χ2n) is 5.42. The van der Waals surface area contributed by atoms with Gasteiger partial charge in [0, 0.05) is 0 Å². The number of benzene rings is 2. The highest BCUT2D eigenvalue weighted by Crippen LogP contribution is 2.25. The first-order chi connectivity index (χ1) is 9.56. The van der Waals surface area contributed by atoms with Crippen LogP contribution in [-0.4, -0.2) is 37.1 Å². The molecule has 0 aliphatic carbocycles. The van der Waals surface area contributed by atoms with Crippen LogP contribution in [0.25, 0.3) is 0 Å². The molecular formula is C17H22NO2+. The number of quaternary nitrogens is 1. The molecule has 2 rings (SSSR count). The quantitative estimate of drug-likeness (QED) is 0.646. The molecule has 0 unspecified atom stereocenters. The molecule has 0 fully saturated rings.